The molecule has 0 saturated carbocycles. The van der Waals surface area contributed by atoms with Gasteiger partial charge >= 0.3 is 5.97 Å². The lowest BCUT2D eigenvalue weighted by atomic mass is 9.92. The summed E-state index contributed by atoms with van der Waals surface area (Å²) < 4.78 is 4.56. The van der Waals surface area contributed by atoms with Crippen molar-refractivity contribution in [2.24, 2.45) is 5.41 Å². The first-order chi connectivity index (χ1) is 6.85. The Bertz CT molecular complexity index is 239. The lowest BCUT2D eigenvalue weighted by molar-refractivity contribution is -0.143. The summed E-state index contributed by atoms with van der Waals surface area (Å²) in [6.45, 7) is 5.74. The Kier molecular flexibility index (Phi) is 5.28. The Morgan fingerprint density at radius 1 is 1.40 bits per heavy atom. The van der Waals surface area contributed by atoms with E-state index in [-0.39, 0.29) is 11.9 Å². The molecule has 0 aliphatic carbocycles. The van der Waals surface area contributed by atoms with Crippen molar-refractivity contribution >= 4 is 11.9 Å². The molecule has 0 radical (unpaired) electrons. The maximum Gasteiger partial charge on any atom is 0.322 e. The van der Waals surface area contributed by atoms with E-state index in [0.717, 1.165) is 0 Å². The van der Waals surface area contributed by atoms with E-state index in [2.05, 4.69) is 15.4 Å². The molecule has 0 rings (SSSR count). The van der Waals surface area contributed by atoms with Crippen molar-refractivity contribution in [2.75, 3.05) is 20.7 Å². The van der Waals surface area contributed by atoms with Crippen molar-refractivity contribution in [3.05, 3.63) is 0 Å². The topological polar surface area (TPSA) is 67.4 Å². The van der Waals surface area contributed by atoms with Crippen molar-refractivity contribution in [3.8, 4) is 0 Å². The molecule has 0 heterocycles. The lowest BCUT2D eigenvalue weighted by Crippen LogP contribution is -2.46. The quantitative estimate of drug-likeness (QED) is 0.630. The molecule has 0 aromatic heterocycles. The van der Waals surface area contributed by atoms with Crippen LogP contribution in [-0.2, 0) is 14.3 Å². The molecule has 0 spiro atoms. The molecular formula is C10H20N2O3. The number of hydrogen-bond acceptors (Lipinski definition) is 4. The van der Waals surface area contributed by atoms with Crippen LogP contribution in [0.5, 0.6) is 0 Å². The molecule has 1 atom stereocenters. The van der Waals surface area contributed by atoms with Gasteiger partial charge in [-0.25, -0.2) is 0 Å². The molecule has 5 nitrogen and oxygen atoms in total. The van der Waals surface area contributed by atoms with Crippen LogP contribution in [0.4, 0.5) is 0 Å². The average Bonchev–Trinajstić information content (AvgIpc) is 2.23. The second-order valence-electron chi connectivity index (χ2n) is 4.09. The number of methoxy groups -OCH3 is 1. The summed E-state index contributed by atoms with van der Waals surface area (Å²) >= 11 is 0. The molecular weight excluding hydrogens is 196 g/mol. The summed E-state index contributed by atoms with van der Waals surface area (Å²) in [5.41, 5.74) is -0.545. The van der Waals surface area contributed by atoms with Crippen molar-refractivity contribution < 1.29 is 14.3 Å². The standard InChI is InChI=1S/C10H20N2O3/c1-7(8(13)15-5)12-6-10(2,3)9(14)11-4/h7,12H,6H2,1-5H3,(H,11,14). The van der Waals surface area contributed by atoms with Crippen molar-refractivity contribution in [3.63, 3.8) is 0 Å². The highest BCUT2D eigenvalue weighted by Gasteiger charge is 2.27. The van der Waals surface area contributed by atoms with E-state index in [0.29, 0.717) is 6.54 Å². The second-order valence-corrected chi connectivity index (χ2v) is 4.09. The summed E-state index contributed by atoms with van der Waals surface area (Å²) in [6.07, 6.45) is 0. The van der Waals surface area contributed by atoms with Crippen LogP contribution in [0.15, 0.2) is 0 Å². The van der Waals surface area contributed by atoms with E-state index in [1.807, 2.05) is 13.8 Å². The van der Waals surface area contributed by atoms with Crippen LogP contribution in [0.25, 0.3) is 0 Å². The van der Waals surface area contributed by atoms with Crippen LogP contribution in [-0.4, -0.2) is 38.6 Å². The summed E-state index contributed by atoms with van der Waals surface area (Å²) in [5.74, 6) is -0.394. The number of nitrogens with one attached hydrogen (secondary N) is 2. The zero-order valence-electron chi connectivity index (χ0n) is 10.0. The first kappa shape index (κ1) is 13.9. The smallest absolute Gasteiger partial charge is 0.322 e. The number of rotatable bonds is 5. The minimum Gasteiger partial charge on any atom is -0.468 e. The van der Waals surface area contributed by atoms with Gasteiger partial charge in [-0.05, 0) is 20.8 Å². The van der Waals surface area contributed by atoms with E-state index in [4.69, 9.17) is 0 Å². The molecule has 0 aromatic carbocycles. The third-order valence-electron chi connectivity index (χ3n) is 2.25. The number of carbonyl (C=O) groups is 2. The third kappa shape index (κ3) is 4.29. The number of hydrogen-bond donors (Lipinski definition) is 2. The van der Waals surface area contributed by atoms with Crippen LogP contribution in [0.2, 0.25) is 0 Å². The van der Waals surface area contributed by atoms with Gasteiger partial charge in [0.1, 0.15) is 6.04 Å². The van der Waals surface area contributed by atoms with Gasteiger partial charge in [0.2, 0.25) is 5.91 Å². The fraction of sp³-hybridized carbons (Fsp3) is 0.800. The highest BCUT2D eigenvalue weighted by atomic mass is 16.5. The van der Waals surface area contributed by atoms with Gasteiger partial charge in [0.15, 0.2) is 0 Å². The number of carbonyl (C=O) groups excluding carboxylic acids is 2. The number of amides is 1. The van der Waals surface area contributed by atoms with E-state index in [1.54, 1.807) is 14.0 Å². The van der Waals surface area contributed by atoms with Crippen LogP contribution in [0.1, 0.15) is 20.8 Å². The van der Waals surface area contributed by atoms with Gasteiger partial charge in [-0.15, -0.1) is 0 Å². The van der Waals surface area contributed by atoms with Crippen LogP contribution in [0.3, 0.4) is 0 Å². The second kappa shape index (κ2) is 5.70. The summed E-state index contributed by atoms with van der Waals surface area (Å²) in [7, 11) is 2.93. The fourth-order valence-corrected chi connectivity index (χ4v) is 1.09. The average molecular weight is 216 g/mol. The summed E-state index contributed by atoms with van der Waals surface area (Å²) in [6, 6.07) is -0.404. The maximum atomic E-state index is 11.4. The molecule has 1 amide bonds. The van der Waals surface area contributed by atoms with Crippen LogP contribution >= 0.6 is 0 Å². The minimum absolute atomic E-state index is 0.0629. The molecule has 0 aromatic rings. The molecule has 5 heteroatoms. The van der Waals surface area contributed by atoms with E-state index in [9.17, 15) is 9.59 Å². The zero-order valence-corrected chi connectivity index (χ0v) is 10.0. The molecule has 1 unspecified atom stereocenters. The highest BCUT2D eigenvalue weighted by molar-refractivity contribution is 5.82. The van der Waals surface area contributed by atoms with E-state index < -0.39 is 11.5 Å². The molecule has 0 saturated heterocycles. The van der Waals surface area contributed by atoms with E-state index >= 15 is 0 Å². The summed E-state index contributed by atoms with van der Waals surface area (Å²) in [5, 5.41) is 5.53. The van der Waals surface area contributed by atoms with Crippen molar-refractivity contribution in [1.29, 1.82) is 0 Å². The Morgan fingerprint density at radius 3 is 2.33 bits per heavy atom. The Morgan fingerprint density at radius 2 is 1.93 bits per heavy atom. The number of esters is 1. The largest absolute Gasteiger partial charge is 0.468 e. The molecule has 0 aliphatic rings. The minimum atomic E-state index is -0.545. The SMILES string of the molecule is CNC(=O)C(C)(C)CNC(C)C(=O)OC. The van der Waals surface area contributed by atoms with Gasteiger partial charge in [-0.2, -0.15) is 0 Å². The Hall–Kier alpha value is -1.10. The first-order valence-electron chi connectivity index (χ1n) is 4.88. The normalized spacial score (nSPS) is 13.1. The lowest BCUT2D eigenvalue weighted by Gasteiger charge is -2.24. The Balaban J connectivity index is 4.14. The number of ether oxygens (including phenoxy) is 1. The maximum absolute atomic E-state index is 11.4. The molecule has 2 N–H and O–H groups in total. The molecule has 0 bridgehead atoms. The van der Waals surface area contributed by atoms with Gasteiger partial charge in [0, 0.05) is 13.6 Å². The van der Waals surface area contributed by atoms with Crippen LogP contribution < -0.4 is 10.6 Å². The third-order valence-corrected chi connectivity index (χ3v) is 2.25. The van der Waals surface area contributed by atoms with Gasteiger partial charge in [-0.1, -0.05) is 0 Å². The fourth-order valence-electron chi connectivity index (χ4n) is 1.09. The summed E-state index contributed by atoms with van der Waals surface area (Å²) in [4.78, 5) is 22.5. The van der Waals surface area contributed by atoms with Crippen LogP contribution in [0, 0.1) is 5.41 Å². The monoisotopic (exact) mass is 216 g/mol. The van der Waals surface area contributed by atoms with Gasteiger partial charge < -0.3 is 15.4 Å². The molecule has 15 heavy (non-hydrogen) atoms. The zero-order chi connectivity index (χ0) is 12.1. The first-order valence-corrected chi connectivity index (χ1v) is 4.88. The van der Waals surface area contributed by atoms with Crippen molar-refractivity contribution in [2.45, 2.75) is 26.8 Å². The predicted molar refractivity (Wildman–Crippen MR) is 57.3 cm³/mol. The predicted octanol–water partition coefficient (Wildman–Crippen LogP) is -0.0903. The Labute approximate surface area is 90.6 Å². The van der Waals surface area contributed by atoms with E-state index in [1.165, 1.54) is 7.11 Å². The molecule has 0 aliphatic heterocycles. The van der Waals surface area contributed by atoms with Gasteiger partial charge in [-0.3, -0.25) is 9.59 Å². The van der Waals surface area contributed by atoms with Crippen molar-refractivity contribution in [1.82, 2.24) is 10.6 Å². The molecule has 88 valence electrons. The molecule has 0 fully saturated rings. The van der Waals surface area contributed by atoms with Gasteiger partial charge in [0.05, 0.1) is 12.5 Å². The highest BCUT2D eigenvalue weighted by Crippen LogP contribution is 2.13. The van der Waals surface area contributed by atoms with Gasteiger partial charge in [0.25, 0.3) is 0 Å².